The van der Waals surface area contributed by atoms with Gasteiger partial charge in [-0.25, -0.2) is 0 Å². The largest absolute Gasteiger partial charge is 0.459 e. The molecule has 1 aliphatic heterocycles. The number of amides is 2. The zero-order valence-electron chi connectivity index (χ0n) is 15.9. The molecule has 1 atom stereocenters. The van der Waals surface area contributed by atoms with E-state index in [9.17, 15) is 22.8 Å². The smallest absolute Gasteiger partial charge is 0.417 e. The summed E-state index contributed by atoms with van der Waals surface area (Å²) < 4.78 is 44.6. The zero-order chi connectivity index (χ0) is 22.2. The number of benzene rings is 2. The van der Waals surface area contributed by atoms with E-state index < -0.39 is 34.6 Å². The van der Waals surface area contributed by atoms with Gasteiger partial charge in [0, 0.05) is 18.7 Å². The van der Waals surface area contributed by atoms with Crippen LogP contribution in [-0.4, -0.2) is 22.8 Å². The molecule has 4 rings (SSSR count). The Balaban J connectivity index is 1.64. The highest BCUT2D eigenvalue weighted by Crippen LogP contribution is 2.36. The number of alkyl halides is 3. The van der Waals surface area contributed by atoms with Crippen LogP contribution in [0.2, 0.25) is 5.02 Å². The lowest BCUT2D eigenvalue weighted by molar-refractivity contribution is -0.137. The number of rotatable bonds is 3. The fourth-order valence-electron chi connectivity index (χ4n) is 3.56. The quantitative estimate of drug-likeness (QED) is 0.602. The maximum Gasteiger partial charge on any atom is 0.417 e. The monoisotopic (exact) mass is 448 g/mol. The summed E-state index contributed by atoms with van der Waals surface area (Å²) in [6, 6.07) is 12.6. The number of halogens is 4. The van der Waals surface area contributed by atoms with Gasteiger partial charge in [0.15, 0.2) is 5.76 Å². The standard InChI is InChI=1S/C22H16ClF3N2O3/c23-17-8-7-15(11-16(17)22(24,25)26)27-20(29)18-10-13-4-1-2-5-14(13)12-28(18)21(30)19-6-3-9-31-19/h1-9,11,18H,10,12H2,(H,27,29). The summed E-state index contributed by atoms with van der Waals surface area (Å²) in [6.45, 7) is 0.169. The van der Waals surface area contributed by atoms with Crippen molar-refractivity contribution >= 4 is 29.1 Å². The Morgan fingerprint density at radius 1 is 1.06 bits per heavy atom. The van der Waals surface area contributed by atoms with Gasteiger partial charge < -0.3 is 14.6 Å². The van der Waals surface area contributed by atoms with Gasteiger partial charge in [0.2, 0.25) is 5.91 Å². The maximum atomic E-state index is 13.2. The Labute approximate surface area is 180 Å². The molecule has 0 saturated carbocycles. The number of fused-ring (bicyclic) bond motifs is 1. The minimum atomic E-state index is -4.66. The summed E-state index contributed by atoms with van der Waals surface area (Å²) in [6.07, 6.45) is -3.09. The minimum Gasteiger partial charge on any atom is -0.459 e. The molecule has 0 spiro atoms. The average Bonchev–Trinajstić information content (AvgIpc) is 3.27. The highest BCUT2D eigenvalue weighted by molar-refractivity contribution is 6.31. The molecule has 0 bridgehead atoms. The molecule has 2 amide bonds. The molecular weight excluding hydrogens is 433 g/mol. The summed E-state index contributed by atoms with van der Waals surface area (Å²) in [5, 5.41) is 2.02. The van der Waals surface area contributed by atoms with Gasteiger partial charge in [-0.3, -0.25) is 9.59 Å². The summed E-state index contributed by atoms with van der Waals surface area (Å²) in [7, 11) is 0. The van der Waals surface area contributed by atoms with Gasteiger partial charge in [-0.15, -0.1) is 0 Å². The van der Waals surface area contributed by atoms with E-state index in [0.29, 0.717) is 0 Å². The SMILES string of the molecule is O=C(Nc1ccc(Cl)c(C(F)(F)F)c1)C1Cc2ccccc2CN1C(=O)c1ccco1. The molecule has 1 unspecified atom stereocenters. The fourth-order valence-corrected chi connectivity index (χ4v) is 3.78. The van der Waals surface area contributed by atoms with Crippen molar-refractivity contribution in [3.63, 3.8) is 0 Å². The van der Waals surface area contributed by atoms with E-state index in [1.807, 2.05) is 24.3 Å². The topological polar surface area (TPSA) is 62.6 Å². The van der Waals surface area contributed by atoms with E-state index in [-0.39, 0.29) is 24.4 Å². The van der Waals surface area contributed by atoms with Crippen LogP contribution in [0.1, 0.15) is 27.2 Å². The van der Waals surface area contributed by atoms with Crippen LogP contribution in [0.25, 0.3) is 0 Å². The van der Waals surface area contributed by atoms with E-state index in [2.05, 4.69) is 5.32 Å². The molecule has 1 aliphatic rings. The molecular formula is C22H16ClF3N2O3. The van der Waals surface area contributed by atoms with Gasteiger partial charge in [0.25, 0.3) is 5.91 Å². The number of carbonyl (C=O) groups excluding carboxylic acids is 2. The number of carbonyl (C=O) groups is 2. The van der Waals surface area contributed by atoms with Crippen molar-refractivity contribution < 1.29 is 27.2 Å². The summed E-state index contributed by atoms with van der Waals surface area (Å²) in [5.41, 5.74) is 0.658. The van der Waals surface area contributed by atoms with Crippen LogP contribution >= 0.6 is 11.6 Å². The van der Waals surface area contributed by atoms with E-state index >= 15 is 0 Å². The van der Waals surface area contributed by atoms with Crippen LogP contribution in [0, 0.1) is 0 Å². The third-order valence-electron chi connectivity index (χ3n) is 5.08. The third kappa shape index (κ3) is 4.29. The van der Waals surface area contributed by atoms with Crippen LogP contribution in [0.15, 0.2) is 65.3 Å². The van der Waals surface area contributed by atoms with E-state index in [1.54, 1.807) is 6.07 Å². The van der Waals surface area contributed by atoms with Crippen LogP contribution in [0.4, 0.5) is 18.9 Å². The van der Waals surface area contributed by atoms with Crippen LogP contribution < -0.4 is 5.32 Å². The van der Waals surface area contributed by atoms with Crippen molar-refractivity contribution in [2.24, 2.45) is 0 Å². The Kier molecular flexibility index (Phi) is 5.49. The van der Waals surface area contributed by atoms with Gasteiger partial charge >= 0.3 is 6.18 Å². The molecule has 2 heterocycles. The van der Waals surface area contributed by atoms with Crippen LogP contribution in [0.3, 0.4) is 0 Å². The molecule has 0 aliphatic carbocycles. The predicted molar refractivity (Wildman–Crippen MR) is 108 cm³/mol. The second kappa shape index (κ2) is 8.11. The van der Waals surface area contributed by atoms with Crippen LogP contribution in [0.5, 0.6) is 0 Å². The minimum absolute atomic E-state index is 0.0639. The lowest BCUT2D eigenvalue weighted by atomic mass is 9.93. The second-order valence-electron chi connectivity index (χ2n) is 7.08. The number of anilines is 1. The molecule has 160 valence electrons. The Morgan fingerprint density at radius 2 is 1.81 bits per heavy atom. The average molecular weight is 449 g/mol. The van der Waals surface area contributed by atoms with Gasteiger partial charge in [0.05, 0.1) is 16.8 Å². The first kappa shape index (κ1) is 21.0. The van der Waals surface area contributed by atoms with Crippen molar-refractivity contribution in [1.82, 2.24) is 4.90 Å². The van der Waals surface area contributed by atoms with E-state index in [4.69, 9.17) is 16.0 Å². The Bertz CT molecular complexity index is 1130. The second-order valence-corrected chi connectivity index (χ2v) is 7.49. The van der Waals surface area contributed by atoms with E-state index in [0.717, 1.165) is 23.3 Å². The summed E-state index contributed by atoms with van der Waals surface area (Å²) in [5.74, 6) is -1.01. The molecule has 0 saturated heterocycles. The first-order valence-electron chi connectivity index (χ1n) is 9.33. The highest BCUT2D eigenvalue weighted by Gasteiger charge is 2.37. The molecule has 0 radical (unpaired) electrons. The first-order valence-corrected chi connectivity index (χ1v) is 9.70. The molecule has 3 aromatic rings. The fraction of sp³-hybridized carbons (Fsp3) is 0.182. The molecule has 1 N–H and O–H groups in total. The van der Waals surface area contributed by atoms with Crippen molar-refractivity contribution in [2.75, 3.05) is 5.32 Å². The molecule has 1 aromatic heterocycles. The maximum absolute atomic E-state index is 13.2. The highest BCUT2D eigenvalue weighted by atomic mass is 35.5. The molecule has 5 nitrogen and oxygen atoms in total. The number of furan rings is 1. The molecule has 31 heavy (non-hydrogen) atoms. The predicted octanol–water partition coefficient (Wildman–Crippen LogP) is 5.16. The van der Waals surface area contributed by atoms with E-state index in [1.165, 1.54) is 23.3 Å². The van der Waals surface area contributed by atoms with Crippen molar-refractivity contribution in [3.05, 3.63) is 88.3 Å². The molecule has 9 heteroatoms. The lowest BCUT2D eigenvalue weighted by Crippen LogP contribution is -2.50. The van der Waals surface area contributed by atoms with Gasteiger partial charge in [0.1, 0.15) is 6.04 Å². The summed E-state index contributed by atoms with van der Waals surface area (Å²) in [4.78, 5) is 27.4. The van der Waals surface area contributed by atoms with Crippen molar-refractivity contribution in [3.8, 4) is 0 Å². The lowest BCUT2D eigenvalue weighted by Gasteiger charge is -2.35. The van der Waals surface area contributed by atoms with Crippen molar-refractivity contribution in [1.29, 1.82) is 0 Å². The molecule has 2 aromatic carbocycles. The number of nitrogens with one attached hydrogen (secondary N) is 1. The number of hydrogen-bond acceptors (Lipinski definition) is 3. The van der Waals surface area contributed by atoms with Gasteiger partial charge in [-0.1, -0.05) is 35.9 Å². The first-order chi connectivity index (χ1) is 14.7. The number of hydrogen-bond donors (Lipinski definition) is 1. The third-order valence-corrected chi connectivity index (χ3v) is 5.41. The Hall–Kier alpha value is -3.26. The zero-order valence-corrected chi connectivity index (χ0v) is 16.7. The van der Waals surface area contributed by atoms with Crippen LogP contribution in [-0.2, 0) is 23.9 Å². The van der Waals surface area contributed by atoms with Gasteiger partial charge in [-0.2, -0.15) is 13.2 Å². The number of nitrogens with zero attached hydrogens (tertiary/aromatic N) is 1. The molecule has 0 fully saturated rings. The summed E-state index contributed by atoms with van der Waals surface area (Å²) >= 11 is 5.65. The van der Waals surface area contributed by atoms with Gasteiger partial charge in [-0.05, 0) is 41.5 Å². The van der Waals surface area contributed by atoms with Crippen molar-refractivity contribution in [2.45, 2.75) is 25.2 Å². The normalized spacial score (nSPS) is 16.0. The Morgan fingerprint density at radius 3 is 2.48 bits per heavy atom.